The smallest absolute Gasteiger partial charge is 0.475 e. The van der Waals surface area contributed by atoms with Crippen LogP contribution in [0.2, 0.25) is 5.02 Å². The molecule has 2 aromatic rings. The summed E-state index contributed by atoms with van der Waals surface area (Å²) in [6.07, 6.45) is -8.47. The average molecular weight is 802 g/mol. The van der Waals surface area contributed by atoms with Crippen molar-refractivity contribution in [2.45, 2.75) is 76.8 Å². The predicted molar refractivity (Wildman–Crippen MR) is 168 cm³/mol. The van der Waals surface area contributed by atoms with E-state index in [-0.39, 0.29) is 60.1 Å². The lowest BCUT2D eigenvalue weighted by Crippen LogP contribution is -2.53. The number of ether oxygens (including phenoxy) is 1. The summed E-state index contributed by atoms with van der Waals surface area (Å²) in [6, 6.07) is 3.21. The van der Waals surface area contributed by atoms with E-state index in [1.165, 1.54) is 21.7 Å². The van der Waals surface area contributed by atoms with E-state index in [1.54, 1.807) is 6.92 Å². The lowest BCUT2D eigenvalue weighted by atomic mass is 9.84. The number of hydrogen-bond acceptors (Lipinski definition) is 10. The minimum absolute atomic E-state index is 0.00684. The number of sulfone groups is 1. The number of carboxylic acid groups (broad SMARTS) is 1. The number of carboxylic acids is 1. The van der Waals surface area contributed by atoms with Crippen molar-refractivity contribution >= 4 is 39.3 Å². The summed E-state index contributed by atoms with van der Waals surface area (Å²) in [5.41, 5.74) is -2.33. The number of aliphatic carboxylic acids is 1. The number of piperidine rings is 1. The number of amides is 1. The minimum atomic E-state index is -5.08. The number of benzene rings is 1. The van der Waals surface area contributed by atoms with Gasteiger partial charge in [-0.05, 0) is 43.9 Å². The lowest BCUT2D eigenvalue weighted by Gasteiger charge is -2.38. The molecule has 0 spiro atoms. The Kier molecular flexibility index (Phi) is 14.8. The van der Waals surface area contributed by atoms with E-state index in [0.717, 1.165) is 26.2 Å². The van der Waals surface area contributed by atoms with Gasteiger partial charge < -0.3 is 20.0 Å². The molecule has 23 heteroatoms. The second kappa shape index (κ2) is 17.4. The van der Waals surface area contributed by atoms with Gasteiger partial charge in [0.1, 0.15) is 5.75 Å². The fourth-order valence-electron chi connectivity index (χ4n) is 5.08. The fourth-order valence-corrected chi connectivity index (χ4v) is 6.43. The van der Waals surface area contributed by atoms with Gasteiger partial charge in [-0.1, -0.05) is 31.5 Å². The van der Waals surface area contributed by atoms with Gasteiger partial charge in [-0.2, -0.15) is 46.1 Å². The largest absolute Gasteiger partial charge is 0.490 e. The first-order chi connectivity index (χ1) is 23.7. The van der Waals surface area contributed by atoms with Gasteiger partial charge in [0, 0.05) is 37.5 Å². The molecule has 0 aliphatic carbocycles. The van der Waals surface area contributed by atoms with E-state index in [0.29, 0.717) is 6.42 Å². The molecule has 2 atom stereocenters. The number of nitrogens with one attached hydrogen (secondary N) is 1. The second-order valence-corrected chi connectivity index (χ2v) is 14.9. The first-order valence-electron chi connectivity index (χ1n) is 15.0. The first-order valence-corrected chi connectivity index (χ1v) is 17.4. The number of hydrogen-bond donors (Lipinski definition) is 3. The summed E-state index contributed by atoms with van der Waals surface area (Å²) < 4.78 is 129. The molecule has 0 saturated carbocycles. The van der Waals surface area contributed by atoms with E-state index in [1.807, 2.05) is 0 Å². The number of nitrogens with two attached hydrogens (primary N) is 1. The van der Waals surface area contributed by atoms with Crippen molar-refractivity contribution in [3.05, 3.63) is 34.5 Å². The molecular weight excluding hydrogens is 766 g/mol. The Labute approximate surface area is 297 Å². The fraction of sp³-hybridized carbons (Fsp3) is 0.586. The van der Waals surface area contributed by atoms with E-state index < -0.39 is 75.5 Å². The predicted octanol–water partition coefficient (Wildman–Crippen LogP) is 4.61. The Morgan fingerprint density at radius 1 is 1.13 bits per heavy atom. The highest BCUT2D eigenvalue weighted by Crippen LogP contribution is 2.43. The van der Waals surface area contributed by atoms with E-state index in [4.69, 9.17) is 27.4 Å². The molecular formula is C29H36ClF8N5O8S. The van der Waals surface area contributed by atoms with Crippen LogP contribution in [0.3, 0.4) is 0 Å². The first kappa shape index (κ1) is 44.4. The van der Waals surface area contributed by atoms with E-state index >= 15 is 0 Å². The Balaban J connectivity index is 0.00000121. The number of aryl methyl sites for hydroxylation is 1. The maximum absolute atomic E-state index is 13.5. The number of halogens is 9. The zero-order chi connectivity index (χ0) is 40.0. The summed E-state index contributed by atoms with van der Waals surface area (Å²) in [5, 5.41) is 13.1. The number of likely N-dealkylation sites (tertiary alicyclic amines) is 1. The molecule has 1 aromatic heterocycles. The van der Waals surface area contributed by atoms with Crippen molar-refractivity contribution in [2.24, 2.45) is 11.3 Å². The molecule has 4 N–H and O–H groups in total. The van der Waals surface area contributed by atoms with Gasteiger partial charge >= 0.3 is 30.9 Å². The van der Waals surface area contributed by atoms with Crippen molar-refractivity contribution in [3.8, 4) is 17.0 Å². The average Bonchev–Trinajstić information content (AvgIpc) is 3.34. The second-order valence-electron chi connectivity index (χ2n) is 12.2. The summed E-state index contributed by atoms with van der Waals surface area (Å²) in [4.78, 5) is 39.8. The van der Waals surface area contributed by atoms with Gasteiger partial charge in [0.25, 0.3) is 5.91 Å². The Morgan fingerprint density at radius 3 is 2.21 bits per heavy atom. The van der Waals surface area contributed by atoms with Gasteiger partial charge in [0.15, 0.2) is 15.5 Å². The van der Waals surface area contributed by atoms with E-state index in [2.05, 4.69) is 20.0 Å². The van der Waals surface area contributed by atoms with Crippen molar-refractivity contribution < 1.29 is 72.6 Å². The van der Waals surface area contributed by atoms with Crippen LogP contribution in [0, 0.1) is 5.41 Å². The van der Waals surface area contributed by atoms with Crippen LogP contribution in [0.1, 0.15) is 49.7 Å². The number of alkyl halides is 8. The minimum Gasteiger partial charge on any atom is -0.475 e. The number of carbonyl (C=O) groups excluding carboxylic acids is 2. The molecule has 0 radical (unpaired) electrons. The number of aromatic nitrogens is 2. The zero-order valence-corrected chi connectivity index (χ0v) is 29.5. The Morgan fingerprint density at radius 2 is 1.73 bits per heavy atom. The highest BCUT2D eigenvalue weighted by atomic mass is 35.5. The maximum Gasteiger partial charge on any atom is 0.490 e. The van der Waals surface area contributed by atoms with Crippen molar-refractivity contribution in [1.82, 2.24) is 20.0 Å². The van der Waals surface area contributed by atoms with Gasteiger partial charge in [-0.15, -0.1) is 0 Å². The zero-order valence-electron chi connectivity index (χ0n) is 27.9. The number of nitrogens with zero attached hydrogens (tertiary/aromatic N) is 3. The molecule has 294 valence electrons. The Bertz CT molecular complexity index is 1700. The molecule has 3 rings (SSSR count). The molecule has 1 aromatic carbocycles. The monoisotopic (exact) mass is 801 g/mol. The molecule has 2 heterocycles. The van der Waals surface area contributed by atoms with Gasteiger partial charge in [-0.25, -0.2) is 18.0 Å². The molecule has 1 aliphatic rings. The molecule has 0 bridgehead atoms. The molecule has 2 unspecified atom stereocenters. The maximum atomic E-state index is 13.5. The van der Waals surface area contributed by atoms with Crippen LogP contribution in [0.15, 0.2) is 18.2 Å². The quantitative estimate of drug-likeness (QED) is 0.201. The highest BCUT2D eigenvalue weighted by molar-refractivity contribution is 7.91. The standard InChI is InChI=1S/C27H35ClF5N5O6S.C2HF3O2/c1-5-38-23(18-9-6-15(10-19(18)43-25(29)30)11-26(2,3)27(31,32)33)21(28)22(36-38)24(40)35-12-16-7-8-17(45(4,41)42)13-37(16)14-20(39)44-34;3-2(4,5)1(6)7/h6,9-10,16-17,25H,5,7-8,11-14,34H2,1-4H3,(H,35,40);(H,6,7). The van der Waals surface area contributed by atoms with Crippen LogP contribution in [0.4, 0.5) is 35.1 Å². The van der Waals surface area contributed by atoms with Crippen LogP contribution < -0.4 is 16.0 Å². The van der Waals surface area contributed by atoms with Crippen LogP contribution in [0.5, 0.6) is 5.75 Å². The highest BCUT2D eigenvalue weighted by Gasteiger charge is 2.47. The SMILES string of the molecule is CCn1nc(C(=O)NCC2CCC(S(C)(=O)=O)CN2CC(=O)ON)c(Cl)c1-c1ccc(CC(C)(C)C(F)(F)F)cc1OC(F)F.O=C(O)C(F)(F)F. The molecule has 1 saturated heterocycles. The normalized spacial score (nSPS) is 17.3. The van der Waals surface area contributed by atoms with Gasteiger partial charge in [-0.3, -0.25) is 14.4 Å². The van der Waals surface area contributed by atoms with Gasteiger partial charge in [0.2, 0.25) is 0 Å². The van der Waals surface area contributed by atoms with Gasteiger partial charge in [0.05, 0.1) is 27.9 Å². The molecule has 1 fully saturated rings. The molecule has 13 nitrogen and oxygen atoms in total. The van der Waals surface area contributed by atoms with Crippen LogP contribution in [0.25, 0.3) is 11.3 Å². The van der Waals surface area contributed by atoms with Crippen molar-refractivity contribution in [1.29, 1.82) is 0 Å². The van der Waals surface area contributed by atoms with Crippen LogP contribution in [-0.4, -0.2) is 102 Å². The third-order valence-electron chi connectivity index (χ3n) is 7.93. The molecule has 1 aliphatic heterocycles. The molecule has 52 heavy (non-hydrogen) atoms. The van der Waals surface area contributed by atoms with Crippen molar-refractivity contribution in [2.75, 3.05) is 25.9 Å². The molecule has 1 amide bonds. The number of rotatable bonds is 12. The summed E-state index contributed by atoms with van der Waals surface area (Å²) in [5.74, 6) is 0.194. The van der Waals surface area contributed by atoms with Crippen LogP contribution in [-0.2, 0) is 37.2 Å². The van der Waals surface area contributed by atoms with E-state index in [9.17, 15) is 53.1 Å². The van der Waals surface area contributed by atoms with Crippen LogP contribution >= 0.6 is 11.6 Å². The lowest BCUT2D eigenvalue weighted by molar-refractivity contribution is -0.211. The third-order valence-corrected chi connectivity index (χ3v) is 9.88. The van der Waals surface area contributed by atoms with Crippen molar-refractivity contribution in [3.63, 3.8) is 0 Å². The topological polar surface area (TPSA) is 183 Å². The third kappa shape index (κ3) is 11.9. The Hall–Kier alpha value is -3.76. The summed E-state index contributed by atoms with van der Waals surface area (Å²) in [6.45, 7) is 0.0915. The summed E-state index contributed by atoms with van der Waals surface area (Å²) in [7, 11) is -3.42. The summed E-state index contributed by atoms with van der Waals surface area (Å²) >= 11 is 6.57. The number of carbonyl (C=O) groups is 3.